The highest BCUT2D eigenvalue weighted by Gasteiger charge is 2.19. The Hall–Kier alpha value is -3.94. The highest BCUT2D eigenvalue weighted by atomic mass is 16.5. The van der Waals surface area contributed by atoms with Crippen LogP contribution in [-0.2, 0) is 19.7 Å². The van der Waals surface area contributed by atoms with Crippen molar-refractivity contribution in [1.82, 2.24) is 19.1 Å². The smallest absolute Gasteiger partial charge is 0.330 e. The Bertz CT molecular complexity index is 1380. The molecule has 2 heterocycles. The maximum absolute atomic E-state index is 12.8. The van der Waals surface area contributed by atoms with Crippen molar-refractivity contribution >= 4 is 16.9 Å². The Labute approximate surface area is 190 Å². The van der Waals surface area contributed by atoms with Crippen LogP contribution in [0.3, 0.4) is 0 Å². The van der Waals surface area contributed by atoms with Crippen LogP contribution in [0.4, 0.5) is 0 Å². The molecule has 2 aromatic carbocycles. The van der Waals surface area contributed by atoms with E-state index in [1.165, 1.54) is 11.5 Å². The second-order valence-corrected chi connectivity index (χ2v) is 7.91. The molecule has 0 aliphatic heterocycles. The molecule has 0 aliphatic carbocycles. The minimum absolute atomic E-state index is 0.0153. The van der Waals surface area contributed by atoms with Crippen LogP contribution in [0.1, 0.15) is 48.4 Å². The van der Waals surface area contributed by atoms with E-state index in [1.54, 1.807) is 24.3 Å². The monoisotopic (exact) mass is 446 g/mol. The van der Waals surface area contributed by atoms with Crippen LogP contribution in [-0.4, -0.2) is 24.9 Å². The Morgan fingerprint density at radius 2 is 1.76 bits per heavy atom. The number of hydrogen-bond donors (Lipinski definition) is 1. The predicted octanol–water partition coefficient (Wildman–Crippen LogP) is 3.52. The molecular weight excluding hydrogens is 420 g/mol. The second kappa shape index (κ2) is 9.68. The van der Waals surface area contributed by atoms with Crippen LogP contribution >= 0.6 is 0 Å². The number of benzene rings is 2. The van der Waals surface area contributed by atoms with Gasteiger partial charge in [-0.3, -0.25) is 19.1 Å². The first-order chi connectivity index (χ1) is 16.0. The summed E-state index contributed by atoms with van der Waals surface area (Å²) >= 11 is 0. The number of H-pyrrole nitrogens is 1. The maximum atomic E-state index is 12.8. The first-order valence-corrected chi connectivity index (χ1v) is 11.0. The van der Waals surface area contributed by atoms with Gasteiger partial charge in [-0.1, -0.05) is 43.7 Å². The summed E-state index contributed by atoms with van der Waals surface area (Å²) in [7, 11) is 0. The molecule has 0 unspecified atom stereocenters. The van der Waals surface area contributed by atoms with Gasteiger partial charge in [0, 0.05) is 12.1 Å². The first-order valence-electron chi connectivity index (χ1n) is 11.0. The van der Waals surface area contributed by atoms with E-state index >= 15 is 0 Å². The molecule has 0 bridgehead atoms. The zero-order valence-electron chi connectivity index (χ0n) is 18.7. The molecular formula is C25H26N4O4. The number of carbonyl (C=O) groups excluding carboxylic acids is 1. The summed E-state index contributed by atoms with van der Waals surface area (Å²) in [4.78, 5) is 44.0. The Kier molecular flexibility index (Phi) is 6.53. The van der Waals surface area contributed by atoms with Gasteiger partial charge in [0.1, 0.15) is 18.2 Å². The summed E-state index contributed by atoms with van der Waals surface area (Å²) in [5.41, 5.74) is 1.29. The standard InChI is InChI=1S/C25H26N4O4/c1-3-4-14-28-21(16-33-20-12-10-19(11-13-20)17(2)30)26-23-22(28)24(31)27-25(32)29(23)15-18-8-6-5-7-9-18/h5-13H,3-4,14-16H2,1-2H3,(H,27,31,32). The van der Waals surface area contributed by atoms with Gasteiger partial charge >= 0.3 is 5.69 Å². The summed E-state index contributed by atoms with van der Waals surface area (Å²) in [5.74, 6) is 1.13. The number of hydrogen-bond acceptors (Lipinski definition) is 5. The zero-order chi connectivity index (χ0) is 23.4. The molecule has 0 fully saturated rings. The van der Waals surface area contributed by atoms with Crippen LogP contribution in [0, 0.1) is 0 Å². The van der Waals surface area contributed by atoms with Gasteiger partial charge in [-0.05, 0) is 43.2 Å². The van der Waals surface area contributed by atoms with Gasteiger partial charge in [-0.2, -0.15) is 0 Å². The fourth-order valence-corrected chi connectivity index (χ4v) is 3.73. The van der Waals surface area contributed by atoms with Crippen LogP contribution in [0.25, 0.3) is 11.2 Å². The number of rotatable bonds is 9. The highest BCUT2D eigenvalue weighted by molar-refractivity contribution is 5.94. The van der Waals surface area contributed by atoms with Crippen LogP contribution in [0.15, 0.2) is 64.2 Å². The fourth-order valence-electron chi connectivity index (χ4n) is 3.73. The number of unbranched alkanes of at least 4 members (excludes halogenated alkanes) is 1. The number of aromatic amines is 1. The first kappa shape index (κ1) is 22.3. The molecule has 4 rings (SSSR count). The van der Waals surface area contributed by atoms with E-state index in [4.69, 9.17) is 4.74 Å². The number of ether oxygens (including phenoxy) is 1. The lowest BCUT2D eigenvalue weighted by atomic mass is 10.1. The number of nitrogens with one attached hydrogen (secondary N) is 1. The molecule has 170 valence electrons. The molecule has 0 saturated heterocycles. The van der Waals surface area contributed by atoms with Crippen molar-refractivity contribution in [3.8, 4) is 5.75 Å². The predicted molar refractivity (Wildman–Crippen MR) is 126 cm³/mol. The number of ketones is 1. The molecule has 0 aliphatic rings. The van der Waals surface area contributed by atoms with Crippen LogP contribution in [0.5, 0.6) is 5.75 Å². The number of nitrogens with zero attached hydrogens (tertiary/aromatic N) is 3. The second-order valence-electron chi connectivity index (χ2n) is 7.91. The fraction of sp³-hybridized carbons (Fsp3) is 0.280. The van der Waals surface area contributed by atoms with Crippen LogP contribution in [0.2, 0.25) is 0 Å². The molecule has 0 saturated carbocycles. The van der Waals surface area contributed by atoms with Gasteiger partial charge in [-0.15, -0.1) is 0 Å². The molecule has 2 aromatic heterocycles. The van der Waals surface area contributed by atoms with Gasteiger partial charge in [-0.25, -0.2) is 9.78 Å². The van der Waals surface area contributed by atoms with Gasteiger partial charge in [0.15, 0.2) is 16.9 Å². The largest absolute Gasteiger partial charge is 0.486 e. The quantitative estimate of drug-likeness (QED) is 0.397. The van der Waals surface area contributed by atoms with Crippen molar-refractivity contribution in [3.05, 3.63) is 92.4 Å². The zero-order valence-corrected chi connectivity index (χ0v) is 18.7. The van der Waals surface area contributed by atoms with E-state index in [-0.39, 0.29) is 12.4 Å². The molecule has 1 N–H and O–H groups in total. The van der Waals surface area contributed by atoms with E-state index in [9.17, 15) is 14.4 Å². The van der Waals surface area contributed by atoms with Crippen molar-refractivity contribution < 1.29 is 9.53 Å². The lowest BCUT2D eigenvalue weighted by Crippen LogP contribution is -2.31. The lowest BCUT2D eigenvalue weighted by molar-refractivity contribution is 0.101. The van der Waals surface area contributed by atoms with Gasteiger partial charge in [0.05, 0.1) is 6.54 Å². The lowest BCUT2D eigenvalue weighted by Gasteiger charge is -2.10. The average Bonchev–Trinajstić information content (AvgIpc) is 3.18. The SMILES string of the molecule is CCCCn1c(COc2ccc(C(C)=O)cc2)nc2c1c(=O)[nH]c(=O)n2Cc1ccccc1. The van der Waals surface area contributed by atoms with Crippen molar-refractivity contribution in [2.24, 2.45) is 0 Å². The van der Waals surface area contributed by atoms with Gasteiger partial charge in [0.25, 0.3) is 5.56 Å². The maximum Gasteiger partial charge on any atom is 0.330 e. The Morgan fingerprint density at radius 3 is 2.42 bits per heavy atom. The van der Waals surface area contributed by atoms with E-state index in [1.807, 2.05) is 34.9 Å². The summed E-state index contributed by atoms with van der Waals surface area (Å²) in [6.07, 6.45) is 1.79. The van der Waals surface area contributed by atoms with E-state index in [2.05, 4.69) is 16.9 Å². The van der Waals surface area contributed by atoms with Crippen molar-refractivity contribution in [1.29, 1.82) is 0 Å². The highest BCUT2D eigenvalue weighted by Crippen LogP contribution is 2.18. The Balaban J connectivity index is 1.74. The molecule has 4 aromatic rings. The molecule has 33 heavy (non-hydrogen) atoms. The number of Topliss-reactive ketones (excluding diaryl/α,β-unsaturated/α-hetero) is 1. The van der Waals surface area contributed by atoms with Gasteiger partial charge < -0.3 is 9.30 Å². The van der Waals surface area contributed by atoms with E-state index in [0.29, 0.717) is 41.4 Å². The summed E-state index contributed by atoms with van der Waals surface area (Å²) in [6.45, 7) is 4.59. The van der Waals surface area contributed by atoms with E-state index in [0.717, 1.165) is 18.4 Å². The molecule has 0 spiro atoms. The number of imidazole rings is 1. The minimum atomic E-state index is -0.496. The van der Waals surface area contributed by atoms with E-state index < -0.39 is 11.2 Å². The average molecular weight is 447 g/mol. The Morgan fingerprint density at radius 1 is 1.03 bits per heavy atom. The summed E-state index contributed by atoms with van der Waals surface area (Å²) in [6, 6.07) is 16.4. The third-order valence-electron chi connectivity index (χ3n) is 5.51. The summed E-state index contributed by atoms with van der Waals surface area (Å²) < 4.78 is 9.23. The number of aryl methyl sites for hydroxylation is 1. The number of aromatic nitrogens is 4. The molecule has 8 nitrogen and oxygen atoms in total. The molecule has 0 amide bonds. The van der Waals surface area contributed by atoms with Crippen LogP contribution < -0.4 is 16.0 Å². The number of fused-ring (bicyclic) bond motifs is 1. The summed E-state index contributed by atoms with van der Waals surface area (Å²) in [5, 5.41) is 0. The topological polar surface area (TPSA) is 99.0 Å². The third-order valence-corrected chi connectivity index (χ3v) is 5.51. The molecule has 8 heteroatoms. The minimum Gasteiger partial charge on any atom is -0.486 e. The van der Waals surface area contributed by atoms with Crippen molar-refractivity contribution in [2.45, 2.75) is 46.4 Å². The normalized spacial score (nSPS) is 11.1. The third kappa shape index (κ3) is 4.79. The van der Waals surface area contributed by atoms with Crippen molar-refractivity contribution in [2.75, 3.05) is 0 Å². The number of carbonyl (C=O) groups is 1. The molecule has 0 radical (unpaired) electrons. The van der Waals surface area contributed by atoms with Crippen molar-refractivity contribution in [3.63, 3.8) is 0 Å². The molecule has 0 atom stereocenters. The van der Waals surface area contributed by atoms with Gasteiger partial charge in [0.2, 0.25) is 0 Å².